The topological polar surface area (TPSA) is 68.8 Å². The SMILES string of the molecule is CCC(=O)NCCCOCCOCCOCCCNC(C)C. The van der Waals surface area contributed by atoms with Crippen LogP contribution in [0.1, 0.15) is 40.0 Å². The molecule has 6 nitrogen and oxygen atoms in total. The zero-order valence-corrected chi connectivity index (χ0v) is 14.5. The summed E-state index contributed by atoms with van der Waals surface area (Å²) in [5, 5.41) is 6.15. The van der Waals surface area contributed by atoms with Crippen molar-refractivity contribution in [2.45, 2.75) is 46.1 Å². The number of rotatable bonds is 16. The Balaban J connectivity index is 3.01. The smallest absolute Gasteiger partial charge is 0.219 e. The number of hydrogen-bond donors (Lipinski definition) is 2. The summed E-state index contributed by atoms with van der Waals surface area (Å²) in [6.07, 6.45) is 2.39. The van der Waals surface area contributed by atoms with Gasteiger partial charge in [0, 0.05) is 32.2 Å². The van der Waals surface area contributed by atoms with E-state index in [1.807, 2.05) is 6.92 Å². The second kappa shape index (κ2) is 16.7. The van der Waals surface area contributed by atoms with Crippen molar-refractivity contribution < 1.29 is 19.0 Å². The van der Waals surface area contributed by atoms with Crippen molar-refractivity contribution in [1.29, 1.82) is 0 Å². The first-order valence-electron chi connectivity index (χ1n) is 8.40. The molecule has 0 radical (unpaired) electrons. The lowest BCUT2D eigenvalue weighted by molar-refractivity contribution is -0.120. The quantitative estimate of drug-likeness (QED) is 0.420. The molecule has 0 aromatic rings. The minimum absolute atomic E-state index is 0.0864. The summed E-state index contributed by atoms with van der Waals surface area (Å²) in [6, 6.07) is 0.534. The Morgan fingerprint density at radius 1 is 0.864 bits per heavy atom. The van der Waals surface area contributed by atoms with Crippen molar-refractivity contribution in [2.24, 2.45) is 0 Å². The number of ether oxygens (including phenoxy) is 3. The Hall–Kier alpha value is -0.690. The summed E-state index contributed by atoms with van der Waals surface area (Å²) >= 11 is 0. The van der Waals surface area contributed by atoms with Crippen LogP contribution in [-0.4, -0.2) is 64.7 Å². The maximum Gasteiger partial charge on any atom is 0.219 e. The van der Waals surface area contributed by atoms with Crippen LogP contribution in [0.5, 0.6) is 0 Å². The highest BCUT2D eigenvalue weighted by atomic mass is 16.5. The fourth-order valence-electron chi connectivity index (χ4n) is 1.63. The Bertz CT molecular complexity index is 250. The molecule has 0 fully saturated rings. The maximum absolute atomic E-state index is 11.0. The second-order valence-electron chi connectivity index (χ2n) is 5.36. The van der Waals surface area contributed by atoms with Gasteiger partial charge >= 0.3 is 0 Å². The van der Waals surface area contributed by atoms with E-state index in [-0.39, 0.29) is 5.91 Å². The van der Waals surface area contributed by atoms with Gasteiger partial charge in [0.2, 0.25) is 5.91 Å². The van der Waals surface area contributed by atoms with Gasteiger partial charge in [0.05, 0.1) is 26.4 Å². The number of hydrogen-bond acceptors (Lipinski definition) is 5. The van der Waals surface area contributed by atoms with Crippen molar-refractivity contribution in [1.82, 2.24) is 10.6 Å². The molecular weight excluding hydrogens is 284 g/mol. The van der Waals surface area contributed by atoms with Crippen LogP contribution in [-0.2, 0) is 19.0 Å². The Morgan fingerprint density at radius 3 is 1.86 bits per heavy atom. The number of carbonyl (C=O) groups excluding carboxylic acids is 1. The first-order chi connectivity index (χ1) is 10.7. The predicted octanol–water partition coefficient (Wildman–Crippen LogP) is 1.34. The normalized spacial score (nSPS) is 11.1. The zero-order chi connectivity index (χ0) is 16.5. The van der Waals surface area contributed by atoms with Crippen LogP contribution in [0.3, 0.4) is 0 Å². The molecule has 0 spiro atoms. The largest absolute Gasteiger partial charge is 0.379 e. The summed E-state index contributed by atoms with van der Waals surface area (Å²) in [6.45, 7) is 11.6. The van der Waals surface area contributed by atoms with E-state index in [0.717, 1.165) is 26.0 Å². The fraction of sp³-hybridized carbons (Fsp3) is 0.938. The molecule has 132 valence electrons. The molecule has 0 bridgehead atoms. The molecule has 0 heterocycles. The van der Waals surface area contributed by atoms with Gasteiger partial charge in [-0.15, -0.1) is 0 Å². The van der Waals surface area contributed by atoms with E-state index >= 15 is 0 Å². The second-order valence-corrected chi connectivity index (χ2v) is 5.36. The van der Waals surface area contributed by atoms with Crippen molar-refractivity contribution in [3.8, 4) is 0 Å². The van der Waals surface area contributed by atoms with E-state index in [2.05, 4.69) is 24.5 Å². The highest BCUT2D eigenvalue weighted by Gasteiger charge is 1.96. The van der Waals surface area contributed by atoms with Gasteiger partial charge in [0.1, 0.15) is 0 Å². The van der Waals surface area contributed by atoms with Crippen LogP contribution >= 0.6 is 0 Å². The van der Waals surface area contributed by atoms with Crippen molar-refractivity contribution >= 4 is 5.91 Å². The number of nitrogens with one attached hydrogen (secondary N) is 2. The highest BCUT2D eigenvalue weighted by molar-refractivity contribution is 5.75. The van der Waals surface area contributed by atoms with Crippen LogP contribution in [0.15, 0.2) is 0 Å². The molecule has 6 heteroatoms. The third kappa shape index (κ3) is 17.4. The Morgan fingerprint density at radius 2 is 1.36 bits per heavy atom. The first kappa shape index (κ1) is 21.3. The lowest BCUT2D eigenvalue weighted by Gasteiger charge is -2.09. The van der Waals surface area contributed by atoms with Gasteiger partial charge in [0.15, 0.2) is 0 Å². The van der Waals surface area contributed by atoms with Crippen LogP contribution in [0.25, 0.3) is 0 Å². The van der Waals surface area contributed by atoms with Gasteiger partial charge in [-0.25, -0.2) is 0 Å². The van der Waals surface area contributed by atoms with Gasteiger partial charge in [0.25, 0.3) is 0 Å². The van der Waals surface area contributed by atoms with Crippen LogP contribution < -0.4 is 10.6 Å². The lowest BCUT2D eigenvalue weighted by atomic mass is 10.3. The van der Waals surface area contributed by atoms with Gasteiger partial charge in [-0.1, -0.05) is 20.8 Å². The van der Waals surface area contributed by atoms with Crippen molar-refractivity contribution in [3.05, 3.63) is 0 Å². The zero-order valence-electron chi connectivity index (χ0n) is 14.5. The number of carbonyl (C=O) groups is 1. The molecule has 0 aliphatic rings. The molecule has 2 N–H and O–H groups in total. The monoisotopic (exact) mass is 318 g/mol. The molecule has 0 aromatic heterocycles. The lowest BCUT2D eigenvalue weighted by Crippen LogP contribution is -2.24. The standard InChI is InChI=1S/C16H34N2O4/c1-4-16(19)18-8-6-10-21-12-14-22-13-11-20-9-5-7-17-15(2)3/h15,17H,4-14H2,1-3H3,(H,18,19). The summed E-state index contributed by atoms with van der Waals surface area (Å²) in [7, 11) is 0. The number of amides is 1. The Kier molecular flexibility index (Phi) is 16.2. The molecule has 0 saturated heterocycles. The summed E-state index contributed by atoms with van der Waals surface area (Å²) in [4.78, 5) is 11.0. The van der Waals surface area contributed by atoms with E-state index in [1.165, 1.54) is 0 Å². The molecule has 0 saturated carbocycles. The molecule has 0 aliphatic carbocycles. The molecule has 0 unspecified atom stereocenters. The van der Waals surface area contributed by atoms with Gasteiger partial charge in [-0.05, 0) is 19.4 Å². The fourth-order valence-corrected chi connectivity index (χ4v) is 1.63. The van der Waals surface area contributed by atoms with Gasteiger partial charge < -0.3 is 24.8 Å². The van der Waals surface area contributed by atoms with E-state index < -0.39 is 0 Å². The third-order valence-electron chi connectivity index (χ3n) is 2.87. The highest BCUT2D eigenvalue weighted by Crippen LogP contribution is 1.86. The molecule has 22 heavy (non-hydrogen) atoms. The molecular formula is C16H34N2O4. The van der Waals surface area contributed by atoms with E-state index in [4.69, 9.17) is 14.2 Å². The average molecular weight is 318 g/mol. The maximum atomic E-state index is 11.0. The third-order valence-corrected chi connectivity index (χ3v) is 2.87. The molecule has 0 rings (SSSR count). The minimum Gasteiger partial charge on any atom is -0.379 e. The minimum atomic E-state index is 0.0864. The van der Waals surface area contributed by atoms with Crippen LogP contribution in [0.2, 0.25) is 0 Å². The van der Waals surface area contributed by atoms with E-state index in [1.54, 1.807) is 0 Å². The van der Waals surface area contributed by atoms with Crippen molar-refractivity contribution in [2.75, 3.05) is 52.7 Å². The van der Waals surface area contributed by atoms with Gasteiger partial charge in [-0.3, -0.25) is 4.79 Å². The van der Waals surface area contributed by atoms with Crippen LogP contribution in [0, 0.1) is 0 Å². The summed E-state index contributed by atoms with van der Waals surface area (Å²) < 4.78 is 16.3. The van der Waals surface area contributed by atoms with Crippen LogP contribution in [0.4, 0.5) is 0 Å². The molecule has 0 atom stereocenters. The molecule has 0 aromatic carbocycles. The van der Waals surface area contributed by atoms with Gasteiger partial charge in [-0.2, -0.15) is 0 Å². The molecule has 0 aliphatic heterocycles. The summed E-state index contributed by atoms with van der Waals surface area (Å²) in [5.41, 5.74) is 0. The average Bonchev–Trinajstić information content (AvgIpc) is 2.50. The first-order valence-corrected chi connectivity index (χ1v) is 8.40. The predicted molar refractivity (Wildman–Crippen MR) is 88.1 cm³/mol. The van der Waals surface area contributed by atoms with Crippen molar-refractivity contribution in [3.63, 3.8) is 0 Å². The Labute approximate surface area is 135 Å². The van der Waals surface area contributed by atoms with E-state index in [9.17, 15) is 4.79 Å². The summed E-state index contributed by atoms with van der Waals surface area (Å²) in [5.74, 6) is 0.0864. The molecule has 1 amide bonds. The van der Waals surface area contributed by atoms with E-state index in [0.29, 0.717) is 52.0 Å².